The van der Waals surface area contributed by atoms with Crippen molar-refractivity contribution in [3.63, 3.8) is 0 Å². The van der Waals surface area contributed by atoms with Crippen LogP contribution >= 0.6 is 23.4 Å². The summed E-state index contributed by atoms with van der Waals surface area (Å²) < 4.78 is 0. The average molecular weight is 253 g/mol. The highest BCUT2D eigenvalue weighted by atomic mass is 35.5. The van der Waals surface area contributed by atoms with Crippen LogP contribution in [0.15, 0.2) is 35.7 Å². The van der Waals surface area contributed by atoms with Crippen LogP contribution in [0, 0.1) is 0 Å². The number of nitrogens with zero attached hydrogens (tertiary/aromatic N) is 3. The molecule has 16 heavy (non-hydrogen) atoms. The number of pyridine rings is 1. The molecule has 2 heterocycles. The predicted octanol–water partition coefficient (Wildman–Crippen LogP) is 2.40. The highest BCUT2D eigenvalue weighted by Crippen LogP contribution is 2.24. The lowest BCUT2D eigenvalue weighted by Crippen LogP contribution is -1.95. The zero-order valence-electron chi connectivity index (χ0n) is 8.30. The molecule has 2 rings (SSSR count). The molecule has 0 unspecified atom stereocenters. The van der Waals surface area contributed by atoms with Crippen molar-refractivity contribution in [2.75, 3.05) is 5.73 Å². The first-order valence-corrected chi connectivity index (χ1v) is 5.92. The summed E-state index contributed by atoms with van der Waals surface area (Å²) in [6.45, 7) is 0. The van der Waals surface area contributed by atoms with Crippen LogP contribution in [-0.2, 0) is 5.75 Å². The Morgan fingerprint density at radius 2 is 2.19 bits per heavy atom. The molecule has 2 aromatic rings. The van der Waals surface area contributed by atoms with Crippen LogP contribution in [-0.4, -0.2) is 15.0 Å². The van der Waals surface area contributed by atoms with E-state index in [0.717, 1.165) is 10.7 Å². The van der Waals surface area contributed by atoms with E-state index in [1.165, 1.54) is 11.8 Å². The van der Waals surface area contributed by atoms with Gasteiger partial charge in [-0.05, 0) is 12.1 Å². The van der Waals surface area contributed by atoms with E-state index in [1.807, 2.05) is 0 Å². The minimum absolute atomic E-state index is 0.471. The van der Waals surface area contributed by atoms with E-state index in [1.54, 1.807) is 30.7 Å². The number of hydrogen-bond acceptors (Lipinski definition) is 5. The number of nitrogen functional groups attached to an aromatic ring is 1. The molecule has 0 amide bonds. The van der Waals surface area contributed by atoms with E-state index < -0.39 is 0 Å². The summed E-state index contributed by atoms with van der Waals surface area (Å²) in [5.74, 6) is 1.10. The van der Waals surface area contributed by atoms with Crippen molar-refractivity contribution in [2.24, 2.45) is 0 Å². The summed E-state index contributed by atoms with van der Waals surface area (Å²) in [6, 6.07) is 3.43. The van der Waals surface area contributed by atoms with Crippen molar-refractivity contribution in [2.45, 2.75) is 10.8 Å². The molecule has 2 N–H and O–H groups in total. The van der Waals surface area contributed by atoms with Gasteiger partial charge in [0.1, 0.15) is 10.8 Å². The Hall–Kier alpha value is -1.33. The SMILES string of the molecule is Nc1ccc(Cl)c(CSc2cnccn2)n1. The predicted molar refractivity (Wildman–Crippen MR) is 65.3 cm³/mol. The topological polar surface area (TPSA) is 64.7 Å². The number of thioether (sulfide) groups is 1. The van der Waals surface area contributed by atoms with Crippen molar-refractivity contribution in [3.8, 4) is 0 Å². The summed E-state index contributed by atoms with van der Waals surface area (Å²) in [5.41, 5.74) is 6.35. The largest absolute Gasteiger partial charge is 0.384 e. The van der Waals surface area contributed by atoms with Crippen LogP contribution in [0.2, 0.25) is 5.02 Å². The first-order chi connectivity index (χ1) is 7.75. The molecule has 6 heteroatoms. The third-order valence-electron chi connectivity index (χ3n) is 1.84. The molecule has 0 fully saturated rings. The van der Waals surface area contributed by atoms with Gasteiger partial charge in [-0.25, -0.2) is 9.97 Å². The van der Waals surface area contributed by atoms with Crippen LogP contribution < -0.4 is 5.73 Å². The maximum atomic E-state index is 6.00. The Bertz CT molecular complexity index is 478. The molecule has 0 aromatic carbocycles. The van der Waals surface area contributed by atoms with Gasteiger partial charge in [-0.2, -0.15) is 0 Å². The van der Waals surface area contributed by atoms with Gasteiger partial charge < -0.3 is 5.73 Å². The highest BCUT2D eigenvalue weighted by Gasteiger charge is 2.04. The average Bonchev–Trinajstić information content (AvgIpc) is 2.32. The molecule has 0 aliphatic heterocycles. The number of anilines is 1. The fraction of sp³-hybridized carbons (Fsp3) is 0.100. The van der Waals surface area contributed by atoms with Gasteiger partial charge in [0.05, 0.1) is 16.9 Å². The monoisotopic (exact) mass is 252 g/mol. The Kier molecular flexibility index (Phi) is 3.58. The molecule has 0 radical (unpaired) electrons. The summed E-state index contributed by atoms with van der Waals surface area (Å²) in [6.07, 6.45) is 4.98. The number of halogens is 1. The number of hydrogen-bond donors (Lipinski definition) is 1. The fourth-order valence-electron chi connectivity index (χ4n) is 1.10. The van der Waals surface area contributed by atoms with E-state index >= 15 is 0 Å². The third-order valence-corrected chi connectivity index (χ3v) is 3.10. The van der Waals surface area contributed by atoms with Crippen molar-refractivity contribution in [1.82, 2.24) is 15.0 Å². The van der Waals surface area contributed by atoms with Crippen LogP contribution in [0.5, 0.6) is 0 Å². The van der Waals surface area contributed by atoms with E-state index in [2.05, 4.69) is 15.0 Å². The second-order valence-electron chi connectivity index (χ2n) is 3.00. The molecule has 0 bridgehead atoms. The van der Waals surface area contributed by atoms with Crippen LogP contribution in [0.3, 0.4) is 0 Å². The minimum Gasteiger partial charge on any atom is -0.384 e. The Morgan fingerprint density at radius 1 is 1.31 bits per heavy atom. The van der Waals surface area contributed by atoms with Gasteiger partial charge in [-0.1, -0.05) is 23.4 Å². The van der Waals surface area contributed by atoms with Gasteiger partial charge in [0.15, 0.2) is 0 Å². The van der Waals surface area contributed by atoms with Gasteiger partial charge in [0.2, 0.25) is 0 Å². The molecule has 4 nitrogen and oxygen atoms in total. The second kappa shape index (κ2) is 5.14. The number of nitrogens with two attached hydrogens (primary N) is 1. The fourth-order valence-corrected chi connectivity index (χ4v) is 2.13. The molecule has 0 spiro atoms. The zero-order chi connectivity index (χ0) is 11.4. The maximum Gasteiger partial charge on any atom is 0.123 e. The molecule has 0 saturated carbocycles. The minimum atomic E-state index is 0.471. The van der Waals surface area contributed by atoms with Crippen LogP contribution in [0.4, 0.5) is 5.82 Å². The lowest BCUT2D eigenvalue weighted by atomic mass is 10.4. The van der Waals surface area contributed by atoms with Gasteiger partial charge >= 0.3 is 0 Å². The van der Waals surface area contributed by atoms with Gasteiger partial charge in [0, 0.05) is 18.1 Å². The van der Waals surface area contributed by atoms with Crippen molar-refractivity contribution < 1.29 is 0 Å². The molecule has 2 aromatic heterocycles. The van der Waals surface area contributed by atoms with E-state index in [0.29, 0.717) is 16.6 Å². The van der Waals surface area contributed by atoms with E-state index in [4.69, 9.17) is 17.3 Å². The maximum absolute atomic E-state index is 6.00. The first kappa shape index (κ1) is 11.2. The lowest BCUT2D eigenvalue weighted by Gasteiger charge is -2.03. The second-order valence-corrected chi connectivity index (χ2v) is 4.40. The third kappa shape index (κ3) is 2.84. The van der Waals surface area contributed by atoms with Gasteiger partial charge in [-0.3, -0.25) is 4.98 Å². The van der Waals surface area contributed by atoms with Crippen molar-refractivity contribution in [3.05, 3.63) is 41.4 Å². The first-order valence-electron chi connectivity index (χ1n) is 4.55. The molecular formula is C10H9ClN4S. The van der Waals surface area contributed by atoms with E-state index in [-0.39, 0.29) is 0 Å². The standard InChI is InChI=1S/C10H9ClN4S/c11-7-1-2-9(12)15-8(7)6-16-10-5-13-3-4-14-10/h1-5H,6H2,(H2,12,15). The van der Waals surface area contributed by atoms with Crippen molar-refractivity contribution in [1.29, 1.82) is 0 Å². The summed E-state index contributed by atoms with van der Waals surface area (Å²) >= 11 is 7.52. The molecular weight excluding hydrogens is 244 g/mol. The van der Waals surface area contributed by atoms with Crippen LogP contribution in [0.1, 0.15) is 5.69 Å². The van der Waals surface area contributed by atoms with Gasteiger partial charge in [-0.15, -0.1) is 0 Å². The summed E-state index contributed by atoms with van der Waals surface area (Å²) in [4.78, 5) is 12.3. The number of rotatable bonds is 3. The highest BCUT2D eigenvalue weighted by molar-refractivity contribution is 7.98. The van der Waals surface area contributed by atoms with E-state index in [9.17, 15) is 0 Å². The summed E-state index contributed by atoms with van der Waals surface area (Å²) in [7, 11) is 0. The van der Waals surface area contributed by atoms with Crippen molar-refractivity contribution >= 4 is 29.2 Å². The molecule has 0 aliphatic rings. The molecule has 0 atom stereocenters. The summed E-state index contributed by atoms with van der Waals surface area (Å²) in [5, 5.41) is 1.45. The molecule has 82 valence electrons. The molecule has 0 saturated heterocycles. The Morgan fingerprint density at radius 3 is 2.94 bits per heavy atom. The number of aromatic nitrogens is 3. The lowest BCUT2D eigenvalue weighted by molar-refractivity contribution is 1.05. The smallest absolute Gasteiger partial charge is 0.123 e. The zero-order valence-corrected chi connectivity index (χ0v) is 9.87. The quantitative estimate of drug-likeness (QED) is 0.850. The van der Waals surface area contributed by atoms with Gasteiger partial charge in [0.25, 0.3) is 0 Å². The Labute approximate surface area is 102 Å². The Balaban J connectivity index is 2.08. The molecule has 0 aliphatic carbocycles. The normalized spacial score (nSPS) is 10.3. The van der Waals surface area contributed by atoms with Crippen LogP contribution in [0.25, 0.3) is 0 Å².